The zero-order valence-corrected chi connectivity index (χ0v) is 33.2. The van der Waals surface area contributed by atoms with E-state index in [4.69, 9.17) is 5.73 Å². The van der Waals surface area contributed by atoms with Gasteiger partial charge in [-0.15, -0.1) is 10.2 Å². The topological polar surface area (TPSA) is 299 Å². The molecule has 60 heavy (non-hydrogen) atoms. The van der Waals surface area contributed by atoms with Gasteiger partial charge in [0.1, 0.15) is 16.3 Å². The van der Waals surface area contributed by atoms with Crippen molar-refractivity contribution in [2.75, 3.05) is 26.8 Å². The summed E-state index contributed by atoms with van der Waals surface area (Å²) in [7, 11) is -9.40. The molecule has 0 aliphatic carbocycles. The summed E-state index contributed by atoms with van der Waals surface area (Å²) in [6, 6.07) is 24.3. The summed E-state index contributed by atoms with van der Waals surface area (Å²) in [6.07, 6.45) is 0. The van der Waals surface area contributed by atoms with Gasteiger partial charge in [0, 0.05) is 23.9 Å². The highest BCUT2D eigenvalue weighted by molar-refractivity contribution is 7.86. The van der Waals surface area contributed by atoms with Crippen molar-refractivity contribution in [3.8, 4) is 0 Å². The first kappa shape index (κ1) is 42.1. The zero-order valence-electron chi connectivity index (χ0n) is 31.6. The van der Waals surface area contributed by atoms with Gasteiger partial charge in [0.25, 0.3) is 26.1 Å². The Kier molecular flexibility index (Phi) is 12.0. The summed E-state index contributed by atoms with van der Waals surface area (Å²) in [5, 5.41) is 31.1. The molecule has 20 nitrogen and oxygen atoms in total. The highest BCUT2D eigenvalue weighted by Gasteiger charge is 2.31. The molecule has 0 atom stereocenters. The summed E-state index contributed by atoms with van der Waals surface area (Å²) in [4.78, 5) is 37.0. The number of azo groups is 2. The molecule has 0 spiro atoms. The van der Waals surface area contributed by atoms with Crippen LogP contribution in [0.25, 0.3) is 0 Å². The lowest BCUT2D eigenvalue weighted by atomic mass is 10.2. The molecule has 3 amide bonds. The van der Waals surface area contributed by atoms with E-state index < -0.39 is 41.8 Å². The number of carbonyl (C=O) groups is 3. The van der Waals surface area contributed by atoms with Crippen molar-refractivity contribution < 1.29 is 40.3 Å². The van der Waals surface area contributed by atoms with E-state index >= 15 is 0 Å². The molecule has 0 fully saturated rings. The lowest BCUT2D eigenvalue weighted by Gasteiger charge is -2.13. The SMILES string of the molecule is CC(=O)Nc1cc(N=Nc2ccc(N/N=C3/C(=O)N(c4cccc(NC(=O)c5ccc(N)cc5)c4)N=C3C)cc2C)c(S(=O)(=O)O)cc1N=Nc1ccc(S(=O)(=O)O)cc1. The molecular formula is C38H33N11O9S2. The fourth-order valence-corrected chi connectivity index (χ4v) is 6.54. The zero-order chi connectivity index (χ0) is 43.4. The van der Waals surface area contributed by atoms with Crippen LogP contribution in [0.4, 0.5) is 51.2 Å². The van der Waals surface area contributed by atoms with Crippen LogP contribution in [-0.4, -0.2) is 55.1 Å². The number of nitrogens with two attached hydrogens (primary N) is 1. The Morgan fingerprint density at radius 3 is 2.07 bits per heavy atom. The smallest absolute Gasteiger partial charge is 0.301 e. The molecule has 0 aromatic heterocycles. The first-order chi connectivity index (χ1) is 28.3. The second-order valence-corrected chi connectivity index (χ2v) is 15.7. The molecule has 7 N–H and O–H groups in total. The van der Waals surface area contributed by atoms with Gasteiger partial charge in [0.2, 0.25) is 5.91 Å². The van der Waals surface area contributed by atoms with Gasteiger partial charge in [-0.2, -0.15) is 42.3 Å². The van der Waals surface area contributed by atoms with Crippen LogP contribution in [0, 0.1) is 6.92 Å². The molecule has 0 saturated heterocycles. The number of nitrogen functional groups attached to an aromatic ring is 1. The molecule has 0 radical (unpaired) electrons. The van der Waals surface area contributed by atoms with Crippen molar-refractivity contribution in [2.45, 2.75) is 30.6 Å². The minimum atomic E-state index is -4.94. The van der Waals surface area contributed by atoms with Crippen molar-refractivity contribution in [1.82, 2.24) is 0 Å². The molecule has 6 rings (SSSR count). The van der Waals surface area contributed by atoms with Gasteiger partial charge in [0.05, 0.1) is 39.0 Å². The number of amides is 3. The third-order valence-corrected chi connectivity index (χ3v) is 10.1. The largest absolute Gasteiger partial charge is 0.399 e. The predicted molar refractivity (Wildman–Crippen MR) is 223 cm³/mol. The Morgan fingerprint density at radius 1 is 0.733 bits per heavy atom. The van der Waals surface area contributed by atoms with Crippen molar-refractivity contribution in [2.24, 2.45) is 30.7 Å². The molecule has 22 heteroatoms. The van der Waals surface area contributed by atoms with E-state index in [-0.39, 0.29) is 40.1 Å². The van der Waals surface area contributed by atoms with Crippen LogP contribution in [0.15, 0.2) is 144 Å². The van der Waals surface area contributed by atoms with Crippen LogP contribution in [0.2, 0.25) is 0 Å². The molecule has 1 heterocycles. The minimum Gasteiger partial charge on any atom is -0.399 e. The van der Waals surface area contributed by atoms with Crippen molar-refractivity contribution in [3.63, 3.8) is 0 Å². The monoisotopic (exact) mass is 851 g/mol. The lowest BCUT2D eigenvalue weighted by molar-refractivity contribution is -0.114. The molecule has 0 unspecified atom stereocenters. The maximum absolute atomic E-state index is 13.4. The van der Waals surface area contributed by atoms with Gasteiger partial charge in [-0.25, -0.2) is 0 Å². The number of hydrogen-bond acceptors (Lipinski definition) is 15. The molecule has 0 bridgehead atoms. The Morgan fingerprint density at radius 2 is 1.42 bits per heavy atom. The van der Waals surface area contributed by atoms with Crippen molar-refractivity contribution >= 4 is 101 Å². The summed E-state index contributed by atoms with van der Waals surface area (Å²) < 4.78 is 66.8. The molecule has 0 saturated carbocycles. The van der Waals surface area contributed by atoms with Gasteiger partial charge in [-0.05, 0) is 116 Å². The predicted octanol–water partition coefficient (Wildman–Crippen LogP) is 7.30. The number of anilines is 5. The van der Waals surface area contributed by atoms with Crippen LogP contribution in [0.3, 0.4) is 0 Å². The standard InChI is InChI=1S/C38H33N11O9S2/c1-21-17-28(43-47-36-22(2)48-49(38(36)52)29-6-4-5-27(18-29)41-37(51)24-7-9-25(39)10-8-24)13-16-31(21)44-46-34-19-32(40-23(3)50)33(20-35(34)60(56,57)58)45-42-26-11-14-30(15-12-26)59(53,54)55/h4-20,43H,39H2,1-3H3,(H,40,50)(H,41,51)(H,53,54,55)(H,56,57,58)/b45-42?,46-44?,47-36+. The molecule has 1 aliphatic rings. The molecule has 5 aromatic rings. The van der Waals surface area contributed by atoms with Crippen LogP contribution in [-0.2, 0) is 29.8 Å². The van der Waals surface area contributed by atoms with E-state index in [1.165, 1.54) is 25.1 Å². The number of nitrogens with one attached hydrogen (secondary N) is 3. The van der Waals surface area contributed by atoms with E-state index in [9.17, 15) is 40.3 Å². The van der Waals surface area contributed by atoms with E-state index in [1.807, 2.05) is 0 Å². The summed E-state index contributed by atoms with van der Waals surface area (Å²) in [6.45, 7) is 4.48. The second kappa shape index (κ2) is 17.1. The number of nitrogens with zero attached hydrogens (tertiary/aromatic N) is 7. The maximum atomic E-state index is 13.4. The van der Waals surface area contributed by atoms with Gasteiger partial charge < -0.3 is 16.4 Å². The number of carbonyl (C=O) groups excluding carboxylic acids is 3. The average molecular weight is 852 g/mol. The Labute approximate surface area is 342 Å². The van der Waals surface area contributed by atoms with Gasteiger partial charge in [0.15, 0.2) is 5.71 Å². The number of benzene rings is 5. The normalized spacial score (nSPS) is 13.9. The number of hydrogen-bond donors (Lipinski definition) is 6. The number of aryl methyl sites for hydroxylation is 1. The fraction of sp³-hybridized carbons (Fsp3) is 0.0789. The van der Waals surface area contributed by atoms with Crippen molar-refractivity contribution in [3.05, 3.63) is 114 Å². The highest BCUT2D eigenvalue weighted by atomic mass is 32.2. The van der Waals surface area contributed by atoms with E-state index in [1.54, 1.807) is 74.5 Å². The first-order valence-corrected chi connectivity index (χ1v) is 20.2. The van der Waals surface area contributed by atoms with E-state index in [0.717, 1.165) is 29.3 Å². The summed E-state index contributed by atoms with van der Waals surface area (Å²) in [5.74, 6) is -1.46. The maximum Gasteiger partial charge on any atom is 0.301 e. The molecule has 5 aromatic carbocycles. The Hall–Kier alpha value is -7.53. The second-order valence-electron chi connectivity index (χ2n) is 12.9. The third kappa shape index (κ3) is 10.1. The number of hydrazone groups is 2. The van der Waals surface area contributed by atoms with Gasteiger partial charge >= 0.3 is 5.91 Å². The average Bonchev–Trinajstić information content (AvgIpc) is 3.47. The van der Waals surface area contributed by atoms with Crippen LogP contribution in [0.1, 0.15) is 29.8 Å². The van der Waals surface area contributed by atoms with Gasteiger partial charge in [-0.3, -0.25) is 28.9 Å². The highest BCUT2D eigenvalue weighted by Crippen LogP contribution is 2.38. The third-order valence-electron chi connectivity index (χ3n) is 8.34. The van der Waals surface area contributed by atoms with E-state index in [2.05, 4.69) is 46.7 Å². The number of rotatable bonds is 12. The molecule has 306 valence electrons. The fourth-order valence-electron chi connectivity index (χ4n) is 5.43. The minimum absolute atomic E-state index is 0.0264. The summed E-state index contributed by atoms with van der Waals surface area (Å²) in [5.41, 5.74) is 11.4. The van der Waals surface area contributed by atoms with Crippen LogP contribution < -0.4 is 26.8 Å². The Balaban J connectivity index is 1.18. The van der Waals surface area contributed by atoms with Gasteiger partial charge in [-0.1, -0.05) is 6.07 Å². The quantitative estimate of drug-likeness (QED) is 0.0313. The summed E-state index contributed by atoms with van der Waals surface area (Å²) >= 11 is 0. The van der Waals surface area contributed by atoms with Crippen LogP contribution >= 0.6 is 0 Å². The lowest BCUT2D eigenvalue weighted by Crippen LogP contribution is -2.28. The molecule has 1 aliphatic heterocycles. The Bertz CT molecular complexity index is 2900. The van der Waals surface area contributed by atoms with Crippen molar-refractivity contribution in [1.29, 1.82) is 0 Å². The van der Waals surface area contributed by atoms with Crippen LogP contribution in [0.5, 0.6) is 0 Å². The van der Waals surface area contributed by atoms with E-state index in [0.29, 0.717) is 39.6 Å². The molecular weight excluding hydrogens is 819 g/mol. The first-order valence-electron chi connectivity index (χ1n) is 17.3.